The fourth-order valence-corrected chi connectivity index (χ4v) is 2.37. The van der Waals surface area contributed by atoms with E-state index in [4.69, 9.17) is 14.2 Å². The van der Waals surface area contributed by atoms with E-state index < -0.39 is 29.7 Å². The van der Waals surface area contributed by atoms with Crippen molar-refractivity contribution in [2.24, 2.45) is 0 Å². The van der Waals surface area contributed by atoms with Crippen LogP contribution in [-0.4, -0.2) is 31.7 Å². The molecule has 2 aromatic rings. The number of amides is 1. The third-order valence-electron chi connectivity index (χ3n) is 3.81. The number of nitrogens with one attached hydrogen (secondary N) is 1. The van der Waals surface area contributed by atoms with Gasteiger partial charge in [-0.3, -0.25) is 4.79 Å². The van der Waals surface area contributed by atoms with E-state index in [0.717, 1.165) is 12.1 Å². The smallest absolute Gasteiger partial charge is 0.416 e. The molecule has 9 heteroatoms. The minimum atomic E-state index is -4.54. The Morgan fingerprint density at radius 3 is 2.45 bits per heavy atom. The van der Waals surface area contributed by atoms with Crippen LogP contribution >= 0.6 is 0 Å². The second kappa shape index (κ2) is 9.31. The van der Waals surface area contributed by atoms with Gasteiger partial charge in [-0.05, 0) is 50.2 Å². The third-order valence-corrected chi connectivity index (χ3v) is 3.81. The number of hydrogen-bond acceptors (Lipinski definition) is 5. The average Bonchev–Trinajstić information content (AvgIpc) is 2.67. The first-order valence-corrected chi connectivity index (χ1v) is 8.65. The second-order valence-corrected chi connectivity index (χ2v) is 5.91. The summed E-state index contributed by atoms with van der Waals surface area (Å²) >= 11 is 0. The van der Waals surface area contributed by atoms with E-state index in [0.29, 0.717) is 18.1 Å². The first kappa shape index (κ1) is 22.1. The van der Waals surface area contributed by atoms with Crippen molar-refractivity contribution >= 4 is 17.6 Å². The number of anilines is 1. The van der Waals surface area contributed by atoms with Gasteiger partial charge in [0, 0.05) is 5.69 Å². The van der Waals surface area contributed by atoms with Crippen molar-refractivity contribution in [1.29, 1.82) is 0 Å². The van der Waals surface area contributed by atoms with Gasteiger partial charge in [-0.2, -0.15) is 13.2 Å². The van der Waals surface area contributed by atoms with Crippen molar-refractivity contribution in [2.75, 3.05) is 19.0 Å². The number of halogens is 3. The lowest BCUT2D eigenvalue weighted by atomic mass is 10.2. The van der Waals surface area contributed by atoms with Crippen LogP contribution in [0.4, 0.5) is 18.9 Å². The van der Waals surface area contributed by atoms with Crippen LogP contribution in [-0.2, 0) is 15.7 Å². The SMILES string of the molecule is CCOc1ccc(C(=O)O[C@H](C)C(=O)Nc2cccc(C(F)(F)F)c2)cc1OC. The number of hydrogen-bond donors (Lipinski definition) is 1. The number of ether oxygens (including phenoxy) is 3. The van der Waals surface area contributed by atoms with Crippen LogP contribution in [0.1, 0.15) is 29.8 Å². The molecule has 29 heavy (non-hydrogen) atoms. The van der Waals surface area contributed by atoms with Gasteiger partial charge >= 0.3 is 12.1 Å². The van der Waals surface area contributed by atoms with Gasteiger partial charge < -0.3 is 19.5 Å². The number of alkyl halides is 3. The summed E-state index contributed by atoms with van der Waals surface area (Å²) in [7, 11) is 1.41. The molecule has 0 aliphatic heterocycles. The highest BCUT2D eigenvalue weighted by Gasteiger charge is 2.30. The summed E-state index contributed by atoms with van der Waals surface area (Å²) in [5.41, 5.74) is -0.832. The third kappa shape index (κ3) is 5.87. The molecular weight excluding hydrogens is 391 g/mol. The summed E-state index contributed by atoms with van der Waals surface area (Å²) < 4.78 is 53.9. The maximum Gasteiger partial charge on any atom is 0.416 e. The molecule has 0 radical (unpaired) electrons. The molecule has 1 N–H and O–H groups in total. The topological polar surface area (TPSA) is 73.9 Å². The number of esters is 1. The Morgan fingerprint density at radius 1 is 1.10 bits per heavy atom. The zero-order valence-electron chi connectivity index (χ0n) is 16.0. The summed E-state index contributed by atoms with van der Waals surface area (Å²) in [6, 6.07) is 8.55. The van der Waals surface area contributed by atoms with Crippen LogP contribution in [0.15, 0.2) is 42.5 Å². The molecule has 0 saturated carbocycles. The van der Waals surface area contributed by atoms with Crippen molar-refractivity contribution in [3.63, 3.8) is 0 Å². The molecule has 0 aromatic heterocycles. The normalized spacial score (nSPS) is 12.1. The Kier molecular flexibility index (Phi) is 7.08. The van der Waals surface area contributed by atoms with Gasteiger partial charge in [0.15, 0.2) is 17.6 Å². The van der Waals surface area contributed by atoms with E-state index in [-0.39, 0.29) is 11.3 Å². The summed E-state index contributed by atoms with van der Waals surface area (Å²) in [6.07, 6.45) is -5.78. The monoisotopic (exact) mass is 411 g/mol. The maximum absolute atomic E-state index is 12.8. The molecule has 2 aromatic carbocycles. The van der Waals surface area contributed by atoms with E-state index in [1.54, 1.807) is 6.92 Å². The highest BCUT2D eigenvalue weighted by atomic mass is 19.4. The number of carbonyl (C=O) groups is 2. The predicted molar refractivity (Wildman–Crippen MR) is 99.1 cm³/mol. The van der Waals surface area contributed by atoms with Gasteiger partial charge in [0.05, 0.1) is 24.8 Å². The van der Waals surface area contributed by atoms with Crippen molar-refractivity contribution in [2.45, 2.75) is 26.1 Å². The molecule has 0 bridgehead atoms. The molecule has 0 heterocycles. The Hall–Kier alpha value is -3.23. The fourth-order valence-electron chi connectivity index (χ4n) is 2.37. The molecule has 0 spiro atoms. The average molecular weight is 411 g/mol. The molecule has 0 unspecified atom stereocenters. The largest absolute Gasteiger partial charge is 0.493 e. The van der Waals surface area contributed by atoms with Gasteiger partial charge in [0.25, 0.3) is 5.91 Å². The van der Waals surface area contributed by atoms with Crippen LogP contribution in [0.5, 0.6) is 11.5 Å². The van der Waals surface area contributed by atoms with Gasteiger partial charge in [0.1, 0.15) is 0 Å². The van der Waals surface area contributed by atoms with Crippen molar-refractivity contribution in [3.05, 3.63) is 53.6 Å². The summed E-state index contributed by atoms with van der Waals surface area (Å²) in [5.74, 6) is -0.794. The standard InChI is InChI=1S/C20H20F3NO5/c1-4-28-16-9-8-13(10-17(16)27-3)19(26)29-12(2)18(25)24-15-7-5-6-14(11-15)20(21,22)23/h5-12H,4H2,1-3H3,(H,24,25)/t12-/m1/s1. The molecule has 0 aliphatic carbocycles. The minimum absolute atomic E-state index is 0.0598. The van der Waals surface area contributed by atoms with Crippen molar-refractivity contribution in [3.8, 4) is 11.5 Å². The van der Waals surface area contributed by atoms with Gasteiger partial charge in [0.2, 0.25) is 0 Å². The lowest BCUT2D eigenvalue weighted by Gasteiger charge is -2.15. The Balaban J connectivity index is 2.05. The molecule has 0 aliphatic rings. The number of carbonyl (C=O) groups excluding carboxylic acids is 2. The Labute approximate surface area is 165 Å². The second-order valence-electron chi connectivity index (χ2n) is 5.91. The van der Waals surface area contributed by atoms with Gasteiger partial charge in [-0.25, -0.2) is 4.79 Å². The zero-order chi connectivity index (χ0) is 21.6. The Morgan fingerprint density at radius 2 is 1.83 bits per heavy atom. The number of benzene rings is 2. The first-order chi connectivity index (χ1) is 13.7. The molecule has 6 nitrogen and oxygen atoms in total. The highest BCUT2D eigenvalue weighted by molar-refractivity contribution is 5.97. The lowest BCUT2D eigenvalue weighted by molar-refractivity contribution is -0.137. The molecule has 0 fully saturated rings. The lowest BCUT2D eigenvalue weighted by Crippen LogP contribution is -2.30. The van der Waals surface area contributed by atoms with E-state index in [1.807, 2.05) is 0 Å². The zero-order valence-corrected chi connectivity index (χ0v) is 16.0. The molecule has 156 valence electrons. The van der Waals surface area contributed by atoms with Crippen LogP contribution < -0.4 is 14.8 Å². The van der Waals surface area contributed by atoms with Crippen molar-refractivity contribution < 1.29 is 37.0 Å². The number of rotatable bonds is 7. The molecule has 1 atom stereocenters. The van der Waals surface area contributed by atoms with Crippen LogP contribution in [0.2, 0.25) is 0 Å². The van der Waals surface area contributed by atoms with Crippen LogP contribution in [0, 0.1) is 0 Å². The predicted octanol–water partition coefficient (Wildman–Crippen LogP) is 4.30. The summed E-state index contributed by atoms with van der Waals surface area (Å²) in [6.45, 7) is 3.52. The number of methoxy groups -OCH3 is 1. The van der Waals surface area contributed by atoms with Gasteiger partial charge in [-0.1, -0.05) is 6.07 Å². The molecular formula is C20H20F3NO5. The Bertz CT molecular complexity index is 883. The van der Waals surface area contributed by atoms with E-state index >= 15 is 0 Å². The van der Waals surface area contributed by atoms with Gasteiger partial charge in [-0.15, -0.1) is 0 Å². The minimum Gasteiger partial charge on any atom is -0.493 e. The van der Waals surface area contributed by atoms with Crippen LogP contribution in [0.3, 0.4) is 0 Å². The first-order valence-electron chi connectivity index (χ1n) is 8.65. The molecule has 0 saturated heterocycles. The van der Waals surface area contributed by atoms with Crippen molar-refractivity contribution in [1.82, 2.24) is 0 Å². The quantitative estimate of drug-likeness (QED) is 0.688. The summed E-state index contributed by atoms with van der Waals surface area (Å²) in [4.78, 5) is 24.5. The van der Waals surface area contributed by atoms with E-state index in [9.17, 15) is 22.8 Å². The summed E-state index contributed by atoms with van der Waals surface area (Å²) in [5, 5.41) is 2.30. The van der Waals surface area contributed by atoms with Crippen LogP contribution in [0.25, 0.3) is 0 Å². The van der Waals surface area contributed by atoms with E-state index in [1.165, 1.54) is 44.4 Å². The molecule has 1 amide bonds. The molecule has 2 rings (SSSR count). The maximum atomic E-state index is 12.8. The fraction of sp³-hybridized carbons (Fsp3) is 0.300. The van der Waals surface area contributed by atoms with E-state index in [2.05, 4.69) is 5.32 Å². The highest BCUT2D eigenvalue weighted by Crippen LogP contribution is 2.31.